The molecule has 0 N–H and O–H groups in total. The predicted octanol–water partition coefficient (Wildman–Crippen LogP) is 24.5. The molecule has 0 radical (unpaired) electrons. The van der Waals surface area contributed by atoms with Crippen LogP contribution in [0.3, 0.4) is 0 Å². The molecule has 8 heterocycles. The van der Waals surface area contributed by atoms with E-state index in [0.717, 1.165) is 6.42 Å². The molecule has 0 saturated heterocycles. The summed E-state index contributed by atoms with van der Waals surface area (Å²) in [6.45, 7) is 16.9. The molecule has 0 amide bonds. The van der Waals surface area contributed by atoms with Crippen LogP contribution >= 0.6 is 0 Å². The van der Waals surface area contributed by atoms with E-state index in [9.17, 15) is 0 Å². The van der Waals surface area contributed by atoms with Crippen molar-refractivity contribution in [2.75, 3.05) is 0 Å². The van der Waals surface area contributed by atoms with Gasteiger partial charge in [0, 0.05) is 64.7 Å². The first-order chi connectivity index (χ1) is 48.7. The van der Waals surface area contributed by atoms with E-state index in [4.69, 9.17) is 0 Å². The number of rotatable bonds is 6. The fraction of sp³-hybridized carbons (Fsp3) is 0.125. The minimum absolute atomic E-state index is 0.111. The molecule has 100 heavy (non-hydrogen) atoms. The number of fused-ring (bicyclic) bond motifs is 20. The van der Waals surface area contributed by atoms with Gasteiger partial charge in [-0.05, 0) is 198 Å². The summed E-state index contributed by atoms with van der Waals surface area (Å²) in [4.78, 5) is 0. The molecule has 14 aromatic carbocycles. The average molecular weight is 1280 g/mol. The molecule has 4 heteroatoms. The van der Waals surface area contributed by atoms with Crippen molar-refractivity contribution in [1.82, 2.24) is 18.3 Å². The maximum atomic E-state index is 2.57. The molecule has 4 nitrogen and oxygen atoms in total. The summed E-state index contributed by atoms with van der Waals surface area (Å²) in [7, 11) is 0. The second-order valence-electron chi connectivity index (χ2n) is 31.0. The second-order valence-corrected chi connectivity index (χ2v) is 31.0. The molecule has 4 aliphatic rings. The third-order valence-electron chi connectivity index (χ3n) is 24.7. The molecule has 0 bridgehead atoms. The molecule has 4 aromatic heterocycles. The molecule has 1 atom stereocenters. The Balaban J connectivity index is 0.671. The standard InChI is InChI=1S/C96H70N4/c1-93(2)73-28-11-15-34-85(73)97-81-42-38-59(47-67(81)65-26-20-32-77(93)89(65)97)60-39-43-82-68(48-60)66-27-21-33-78-90(66)100(82)88-37-18-14-31-76(88)96(78,7)55-56-22-19-25-58(46-56)64-52-72-70-50-62(41-45-84(70)99-87-36-17-13-30-75(87)95(5,6)80(54-64)92(72)99)61-40-44-83-69(49-61)71-51-63(57-23-9-8-10-24-57)53-79-91(71)98(83)86-35-16-12-29-74(86)94(79,3)4/h8-54H,55H2,1-7H3/t96-/m0/s1. The minimum Gasteiger partial charge on any atom is -0.309 e. The van der Waals surface area contributed by atoms with E-state index in [1.54, 1.807) is 0 Å². The Labute approximate surface area is 580 Å². The minimum atomic E-state index is -0.343. The zero-order valence-corrected chi connectivity index (χ0v) is 57.1. The van der Waals surface area contributed by atoms with Crippen LogP contribution in [-0.2, 0) is 28.1 Å². The lowest BCUT2D eigenvalue weighted by Crippen LogP contribution is -2.32. The Morgan fingerprint density at radius 3 is 1.00 bits per heavy atom. The Morgan fingerprint density at radius 2 is 0.530 bits per heavy atom. The number of hydrogen-bond donors (Lipinski definition) is 0. The fourth-order valence-corrected chi connectivity index (χ4v) is 19.8. The summed E-state index contributed by atoms with van der Waals surface area (Å²) in [6.07, 6.45) is 0.833. The molecular formula is C96H70N4. The van der Waals surface area contributed by atoms with Gasteiger partial charge in [0.05, 0.1) is 66.9 Å². The van der Waals surface area contributed by atoms with Crippen molar-refractivity contribution < 1.29 is 0 Å². The van der Waals surface area contributed by atoms with E-state index in [2.05, 4.69) is 352 Å². The van der Waals surface area contributed by atoms with E-state index in [1.165, 1.54) is 205 Å². The highest BCUT2D eigenvalue weighted by molar-refractivity contribution is 6.18. The number of hydrogen-bond acceptors (Lipinski definition) is 0. The number of para-hydroxylation sites is 6. The van der Waals surface area contributed by atoms with Gasteiger partial charge in [-0.25, -0.2) is 0 Å². The van der Waals surface area contributed by atoms with Gasteiger partial charge in [-0.3, -0.25) is 0 Å². The van der Waals surface area contributed by atoms with Gasteiger partial charge in [-0.1, -0.05) is 237 Å². The average Bonchev–Trinajstić information content (AvgIpc) is 1.53. The predicted molar refractivity (Wildman–Crippen MR) is 419 cm³/mol. The van der Waals surface area contributed by atoms with Gasteiger partial charge in [0.25, 0.3) is 0 Å². The summed E-state index contributed by atoms with van der Waals surface area (Å²) < 4.78 is 10.2. The van der Waals surface area contributed by atoms with Gasteiger partial charge < -0.3 is 18.3 Å². The van der Waals surface area contributed by atoms with Crippen LogP contribution in [-0.4, -0.2) is 18.3 Å². The number of benzene rings is 14. The van der Waals surface area contributed by atoms with E-state index < -0.39 is 0 Å². The SMILES string of the molecule is CC1(C)c2ccccc2-n2c3ccc(-c4ccc5c(c4)c4cccc6c4n5-c4ccccc4[C@]6(C)Cc4cccc(-c5cc6c7c(c5)c5cc(-c8ccc9c(c8)c8cc(-c%10ccccc%10)cc%10c8n9-c8ccccc8C%10(C)C)ccc5n7-c5ccccc5C6(C)C)c4)cc3c3cccc1c32. The van der Waals surface area contributed by atoms with Crippen molar-refractivity contribution >= 4 is 87.2 Å². The molecule has 4 aliphatic heterocycles. The van der Waals surface area contributed by atoms with Gasteiger partial charge in [0.1, 0.15) is 0 Å². The van der Waals surface area contributed by atoms with Crippen molar-refractivity contribution in [2.24, 2.45) is 0 Å². The van der Waals surface area contributed by atoms with Crippen molar-refractivity contribution in [1.29, 1.82) is 0 Å². The molecule has 22 rings (SSSR count). The smallest absolute Gasteiger partial charge is 0.0582 e. The zero-order valence-electron chi connectivity index (χ0n) is 57.1. The van der Waals surface area contributed by atoms with Crippen LogP contribution < -0.4 is 0 Å². The highest BCUT2D eigenvalue weighted by Crippen LogP contribution is 2.55. The summed E-state index contributed by atoms with van der Waals surface area (Å²) >= 11 is 0. The normalized spacial score (nSPS) is 16.3. The largest absolute Gasteiger partial charge is 0.309 e. The van der Waals surface area contributed by atoms with Crippen LogP contribution in [0.2, 0.25) is 0 Å². The van der Waals surface area contributed by atoms with Crippen LogP contribution in [0.15, 0.2) is 285 Å². The summed E-state index contributed by atoms with van der Waals surface area (Å²) in [6, 6.07) is 110. The van der Waals surface area contributed by atoms with Gasteiger partial charge in [-0.15, -0.1) is 0 Å². The quantitative estimate of drug-likeness (QED) is 0.158. The lowest BCUT2D eigenvalue weighted by molar-refractivity contribution is 0.560. The maximum Gasteiger partial charge on any atom is 0.0582 e. The number of nitrogens with zero attached hydrogens (tertiary/aromatic N) is 4. The first-order valence-electron chi connectivity index (χ1n) is 35.7. The van der Waals surface area contributed by atoms with Crippen molar-refractivity contribution in [2.45, 2.75) is 76.5 Å². The molecule has 474 valence electrons. The second kappa shape index (κ2) is 19.3. The van der Waals surface area contributed by atoms with Crippen LogP contribution in [0.1, 0.15) is 98.5 Å². The van der Waals surface area contributed by atoms with Crippen LogP contribution in [0.5, 0.6) is 0 Å². The third kappa shape index (κ3) is 7.20. The molecule has 0 aliphatic carbocycles. The molecule has 0 saturated carbocycles. The first-order valence-corrected chi connectivity index (χ1v) is 35.7. The maximum absolute atomic E-state index is 2.57. The number of aromatic nitrogens is 4. The van der Waals surface area contributed by atoms with E-state index in [-0.39, 0.29) is 21.7 Å². The Kier molecular flexibility index (Phi) is 10.9. The van der Waals surface area contributed by atoms with Gasteiger partial charge in [0.2, 0.25) is 0 Å². The summed E-state index contributed by atoms with van der Waals surface area (Å²) in [5, 5.41) is 10.3. The topological polar surface area (TPSA) is 19.7 Å². The van der Waals surface area contributed by atoms with Crippen molar-refractivity contribution in [3.05, 3.63) is 335 Å². The molecule has 0 unspecified atom stereocenters. The summed E-state index contributed by atoms with van der Waals surface area (Å²) in [5.41, 5.74) is 36.3. The van der Waals surface area contributed by atoms with Gasteiger partial charge >= 0.3 is 0 Å². The highest BCUT2D eigenvalue weighted by Gasteiger charge is 2.42. The summed E-state index contributed by atoms with van der Waals surface area (Å²) in [5.74, 6) is 0. The van der Waals surface area contributed by atoms with Crippen molar-refractivity contribution in [3.63, 3.8) is 0 Å². The Hall–Kier alpha value is -11.7. The molecule has 18 aromatic rings. The van der Waals surface area contributed by atoms with E-state index >= 15 is 0 Å². The lowest BCUT2D eigenvalue weighted by atomic mass is 9.69. The third-order valence-corrected chi connectivity index (χ3v) is 24.7. The molecule has 0 fully saturated rings. The van der Waals surface area contributed by atoms with Crippen molar-refractivity contribution in [3.8, 4) is 67.3 Å². The zero-order chi connectivity index (χ0) is 66.6. The highest BCUT2D eigenvalue weighted by atomic mass is 15.0. The van der Waals surface area contributed by atoms with Crippen LogP contribution in [0.25, 0.3) is 154 Å². The monoisotopic (exact) mass is 1280 g/mol. The Bertz CT molecular complexity index is 6730. The fourth-order valence-electron chi connectivity index (χ4n) is 19.8. The van der Waals surface area contributed by atoms with Crippen LogP contribution in [0.4, 0.5) is 0 Å². The molecule has 0 spiro atoms. The van der Waals surface area contributed by atoms with Gasteiger partial charge in [0.15, 0.2) is 0 Å². The molecular weight excluding hydrogens is 1210 g/mol. The lowest BCUT2D eigenvalue weighted by Gasteiger charge is -2.38. The first kappa shape index (κ1) is 56.3. The van der Waals surface area contributed by atoms with Gasteiger partial charge in [-0.2, -0.15) is 0 Å². The Morgan fingerprint density at radius 1 is 0.210 bits per heavy atom. The van der Waals surface area contributed by atoms with E-state index in [0.29, 0.717) is 0 Å². The van der Waals surface area contributed by atoms with E-state index in [1.807, 2.05) is 0 Å². The van der Waals surface area contributed by atoms with Crippen LogP contribution in [0, 0.1) is 0 Å².